The van der Waals surface area contributed by atoms with Crippen molar-refractivity contribution in [2.24, 2.45) is 17.6 Å². The van der Waals surface area contributed by atoms with Crippen LogP contribution in [0.15, 0.2) is 18.5 Å². The van der Waals surface area contributed by atoms with Gasteiger partial charge in [-0.25, -0.2) is 0 Å². The summed E-state index contributed by atoms with van der Waals surface area (Å²) in [5, 5.41) is 0. The van der Waals surface area contributed by atoms with E-state index in [4.69, 9.17) is 5.73 Å². The largest absolute Gasteiger partial charge is 0.370 e. The van der Waals surface area contributed by atoms with E-state index in [1.54, 1.807) is 0 Å². The number of nitrogens with two attached hydrogens (primary N) is 1. The number of anilines is 1. The van der Waals surface area contributed by atoms with Crippen LogP contribution in [0.25, 0.3) is 0 Å². The molecule has 1 aromatic rings. The molecule has 0 spiro atoms. The van der Waals surface area contributed by atoms with Crippen molar-refractivity contribution in [1.82, 2.24) is 4.98 Å². The summed E-state index contributed by atoms with van der Waals surface area (Å²) in [6.45, 7) is 7.52. The van der Waals surface area contributed by atoms with Gasteiger partial charge in [0.05, 0.1) is 11.9 Å². The van der Waals surface area contributed by atoms with Gasteiger partial charge in [-0.2, -0.15) is 0 Å². The molecule has 0 aromatic carbocycles. The molecule has 0 amide bonds. The summed E-state index contributed by atoms with van der Waals surface area (Å²) < 4.78 is 0. The summed E-state index contributed by atoms with van der Waals surface area (Å²) in [6, 6.07) is 2.03. The standard InChI is InChI=1S/C13H21N3/c1-10-4-6-16(9-11(10)2)13-8-15-5-3-12(13)7-14/h3,5,8,10-11H,4,6-7,9,14H2,1-2H3. The van der Waals surface area contributed by atoms with Crippen LogP contribution < -0.4 is 10.6 Å². The smallest absolute Gasteiger partial charge is 0.0598 e. The first-order valence-electron chi connectivity index (χ1n) is 6.10. The lowest BCUT2D eigenvalue weighted by atomic mass is 9.88. The van der Waals surface area contributed by atoms with E-state index in [0.717, 1.165) is 24.9 Å². The van der Waals surface area contributed by atoms with Gasteiger partial charge in [0.2, 0.25) is 0 Å². The first-order valence-corrected chi connectivity index (χ1v) is 6.10. The van der Waals surface area contributed by atoms with E-state index in [-0.39, 0.29) is 0 Å². The fraction of sp³-hybridized carbons (Fsp3) is 0.615. The highest BCUT2D eigenvalue weighted by molar-refractivity contribution is 5.52. The Morgan fingerprint density at radius 3 is 2.94 bits per heavy atom. The molecule has 0 saturated carbocycles. The number of hydrogen-bond acceptors (Lipinski definition) is 3. The fourth-order valence-corrected chi connectivity index (χ4v) is 2.35. The highest BCUT2D eigenvalue weighted by atomic mass is 15.1. The second kappa shape index (κ2) is 4.83. The van der Waals surface area contributed by atoms with Gasteiger partial charge < -0.3 is 10.6 Å². The minimum Gasteiger partial charge on any atom is -0.370 e. The number of aromatic nitrogens is 1. The third kappa shape index (κ3) is 2.19. The number of hydrogen-bond donors (Lipinski definition) is 1. The van der Waals surface area contributed by atoms with Gasteiger partial charge in [-0.05, 0) is 29.9 Å². The minimum atomic E-state index is 0.596. The molecule has 0 aliphatic carbocycles. The van der Waals surface area contributed by atoms with Crippen LogP contribution in [0.1, 0.15) is 25.8 Å². The zero-order chi connectivity index (χ0) is 11.5. The van der Waals surface area contributed by atoms with Crippen LogP contribution in [-0.2, 0) is 6.54 Å². The molecule has 0 radical (unpaired) electrons. The maximum atomic E-state index is 5.76. The Labute approximate surface area is 97.7 Å². The van der Waals surface area contributed by atoms with Gasteiger partial charge in [-0.15, -0.1) is 0 Å². The first kappa shape index (κ1) is 11.4. The molecule has 88 valence electrons. The third-order valence-corrected chi connectivity index (χ3v) is 3.78. The van der Waals surface area contributed by atoms with Gasteiger partial charge in [0.1, 0.15) is 0 Å². The van der Waals surface area contributed by atoms with E-state index in [1.165, 1.54) is 17.7 Å². The maximum absolute atomic E-state index is 5.76. The summed E-state index contributed by atoms with van der Waals surface area (Å²) in [4.78, 5) is 6.65. The average molecular weight is 219 g/mol. The Kier molecular flexibility index (Phi) is 3.44. The topological polar surface area (TPSA) is 42.2 Å². The van der Waals surface area contributed by atoms with E-state index >= 15 is 0 Å². The van der Waals surface area contributed by atoms with Crippen molar-refractivity contribution in [3.8, 4) is 0 Å². The van der Waals surface area contributed by atoms with Crippen LogP contribution in [0.3, 0.4) is 0 Å². The zero-order valence-electron chi connectivity index (χ0n) is 10.2. The molecular weight excluding hydrogens is 198 g/mol. The first-order chi connectivity index (χ1) is 7.72. The Hall–Kier alpha value is -1.09. The Balaban J connectivity index is 2.18. The lowest BCUT2D eigenvalue weighted by molar-refractivity contribution is 0.323. The predicted molar refractivity (Wildman–Crippen MR) is 67.3 cm³/mol. The number of piperidine rings is 1. The normalized spacial score (nSPS) is 25.8. The fourth-order valence-electron chi connectivity index (χ4n) is 2.35. The molecule has 2 rings (SSSR count). The van der Waals surface area contributed by atoms with Crippen LogP contribution in [0.5, 0.6) is 0 Å². The molecule has 2 heterocycles. The van der Waals surface area contributed by atoms with Crippen LogP contribution in [0.2, 0.25) is 0 Å². The van der Waals surface area contributed by atoms with Gasteiger partial charge in [-0.1, -0.05) is 13.8 Å². The molecule has 3 heteroatoms. The number of nitrogens with zero attached hydrogens (tertiary/aromatic N) is 2. The summed E-state index contributed by atoms with van der Waals surface area (Å²) >= 11 is 0. The van der Waals surface area contributed by atoms with Crippen molar-refractivity contribution in [1.29, 1.82) is 0 Å². The van der Waals surface area contributed by atoms with Crippen LogP contribution in [-0.4, -0.2) is 18.1 Å². The molecule has 2 atom stereocenters. The maximum Gasteiger partial charge on any atom is 0.0598 e. The second-order valence-corrected chi connectivity index (χ2v) is 4.90. The van der Waals surface area contributed by atoms with Crippen molar-refractivity contribution < 1.29 is 0 Å². The van der Waals surface area contributed by atoms with E-state index in [0.29, 0.717) is 6.54 Å². The van der Waals surface area contributed by atoms with Crippen molar-refractivity contribution in [2.75, 3.05) is 18.0 Å². The van der Waals surface area contributed by atoms with Crippen LogP contribution in [0, 0.1) is 11.8 Å². The van der Waals surface area contributed by atoms with Gasteiger partial charge >= 0.3 is 0 Å². The molecule has 2 N–H and O–H groups in total. The van der Waals surface area contributed by atoms with Crippen molar-refractivity contribution in [2.45, 2.75) is 26.8 Å². The lowest BCUT2D eigenvalue weighted by Crippen LogP contribution is -2.39. The molecular formula is C13H21N3. The second-order valence-electron chi connectivity index (χ2n) is 4.90. The molecule has 1 aliphatic rings. The van der Waals surface area contributed by atoms with Crippen molar-refractivity contribution >= 4 is 5.69 Å². The summed E-state index contributed by atoms with van der Waals surface area (Å²) in [6.07, 6.45) is 5.03. The monoisotopic (exact) mass is 219 g/mol. The number of rotatable bonds is 2. The molecule has 1 saturated heterocycles. The highest BCUT2D eigenvalue weighted by Crippen LogP contribution is 2.28. The predicted octanol–water partition coefficient (Wildman–Crippen LogP) is 2.02. The minimum absolute atomic E-state index is 0.596. The Bertz CT molecular complexity index is 351. The van der Waals surface area contributed by atoms with E-state index in [1.807, 2.05) is 18.5 Å². The highest BCUT2D eigenvalue weighted by Gasteiger charge is 2.23. The van der Waals surface area contributed by atoms with Gasteiger partial charge in [-0.3, -0.25) is 4.98 Å². The zero-order valence-corrected chi connectivity index (χ0v) is 10.2. The average Bonchev–Trinajstić information content (AvgIpc) is 2.32. The van der Waals surface area contributed by atoms with E-state index < -0.39 is 0 Å². The summed E-state index contributed by atoms with van der Waals surface area (Å²) in [7, 11) is 0. The van der Waals surface area contributed by atoms with Crippen LogP contribution >= 0.6 is 0 Å². The van der Waals surface area contributed by atoms with Crippen LogP contribution in [0.4, 0.5) is 5.69 Å². The summed E-state index contributed by atoms with van der Waals surface area (Å²) in [5.74, 6) is 1.58. The van der Waals surface area contributed by atoms with Gasteiger partial charge in [0.25, 0.3) is 0 Å². The molecule has 1 aromatic heterocycles. The molecule has 2 unspecified atom stereocenters. The van der Waals surface area contributed by atoms with E-state index in [2.05, 4.69) is 23.7 Å². The summed E-state index contributed by atoms with van der Waals surface area (Å²) in [5.41, 5.74) is 8.20. The lowest BCUT2D eigenvalue weighted by Gasteiger charge is -2.37. The van der Waals surface area contributed by atoms with Gasteiger partial charge in [0.15, 0.2) is 0 Å². The molecule has 1 aliphatic heterocycles. The van der Waals surface area contributed by atoms with Crippen molar-refractivity contribution in [3.05, 3.63) is 24.0 Å². The molecule has 3 nitrogen and oxygen atoms in total. The Morgan fingerprint density at radius 1 is 1.44 bits per heavy atom. The quantitative estimate of drug-likeness (QED) is 0.827. The molecule has 0 bridgehead atoms. The molecule has 16 heavy (non-hydrogen) atoms. The third-order valence-electron chi connectivity index (χ3n) is 3.78. The molecule has 1 fully saturated rings. The van der Waals surface area contributed by atoms with E-state index in [9.17, 15) is 0 Å². The Morgan fingerprint density at radius 2 is 2.25 bits per heavy atom. The SMILES string of the molecule is CC1CCN(c2cnccc2CN)CC1C. The van der Waals surface area contributed by atoms with Crippen molar-refractivity contribution in [3.63, 3.8) is 0 Å². The van der Waals surface area contributed by atoms with Gasteiger partial charge in [0, 0.05) is 25.8 Å². The number of pyridine rings is 1.